The van der Waals surface area contributed by atoms with Crippen molar-refractivity contribution in [3.63, 3.8) is 0 Å². The number of anilines is 1. The normalized spacial score (nSPS) is 18.1. The van der Waals surface area contributed by atoms with Crippen LogP contribution in [0.15, 0.2) is 45.9 Å². The maximum atomic E-state index is 12.8. The summed E-state index contributed by atoms with van der Waals surface area (Å²) >= 11 is 1.26. The Labute approximate surface area is 195 Å². The van der Waals surface area contributed by atoms with Crippen LogP contribution in [0.5, 0.6) is 0 Å². The van der Waals surface area contributed by atoms with Gasteiger partial charge in [0.15, 0.2) is 10.9 Å². The van der Waals surface area contributed by atoms with E-state index in [1.165, 1.54) is 21.9 Å². The van der Waals surface area contributed by atoms with Gasteiger partial charge in [0.2, 0.25) is 15.9 Å². The second-order valence-electron chi connectivity index (χ2n) is 8.29. The summed E-state index contributed by atoms with van der Waals surface area (Å²) in [6.07, 6.45) is 4.35. The highest BCUT2D eigenvalue weighted by atomic mass is 32.2. The van der Waals surface area contributed by atoms with Crippen molar-refractivity contribution >= 4 is 48.5 Å². The molecule has 2 aliphatic rings. The van der Waals surface area contributed by atoms with Crippen molar-refractivity contribution in [2.75, 3.05) is 31.5 Å². The molecule has 3 aromatic rings. The number of sulfonamides is 1. The van der Waals surface area contributed by atoms with Crippen LogP contribution in [0.3, 0.4) is 0 Å². The molecular weight excluding hydrogens is 464 g/mol. The first-order valence-electron chi connectivity index (χ1n) is 11.0. The van der Waals surface area contributed by atoms with E-state index in [1.54, 1.807) is 35.2 Å². The van der Waals surface area contributed by atoms with Crippen molar-refractivity contribution in [1.29, 1.82) is 0 Å². The minimum Gasteiger partial charge on any atom is -0.459 e. The lowest BCUT2D eigenvalue weighted by atomic mass is 9.96. The maximum Gasteiger partial charge on any atom is 0.289 e. The van der Waals surface area contributed by atoms with Crippen LogP contribution >= 0.6 is 11.3 Å². The lowest BCUT2D eigenvalue weighted by Crippen LogP contribution is -2.41. The molecule has 2 fully saturated rings. The summed E-state index contributed by atoms with van der Waals surface area (Å²) in [4.78, 5) is 31.6. The fourth-order valence-corrected chi connectivity index (χ4v) is 6.83. The van der Waals surface area contributed by atoms with E-state index >= 15 is 0 Å². The number of carbonyl (C=O) groups is 2. The van der Waals surface area contributed by atoms with Crippen LogP contribution in [-0.4, -0.2) is 60.6 Å². The summed E-state index contributed by atoms with van der Waals surface area (Å²) in [5.41, 5.74) is 0.648. The van der Waals surface area contributed by atoms with Crippen molar-refractivity contribution in [1.82, 2.24) is 14.2 Å². The SMILES string of the molecule is O=C(Nc1nc2ccc(S(=O)(=O)N3CCCC3)cc2s1)C1CCN(C(=O)c2ccco2)CC1. The predicted octanol–water partition coefficient (Wildman–Crippen LogP) is 3.16. The van der Waals surface area contributed by atoms with Crippen molar-refractivity contribution in [3.8, 4) is 0 Å². The highest BCUT2D eigenvalue weighted by Crippen LogP contribution is 2.31. The summed E-state index contributed by atoms with van der Waals surface area (Å²) in [7, 11) is -3.50. The summed E-state index contributed by atoms with van der Waals surface area (Å²) in [6, 6.07) is 8.21. The summed E-state index contributed by atoms with van der Waals surface area (Å²) < 4.78 is 33.0. The van der Waals surface area contributed by atoms with Crippen LogP contribution in [0.2, 0.25) is 0 Å². The third-order valence-corrected chi connectivity index (χ3v) is 9.01. The molecule has 0 atom stereocenters. The van der Waals surface area contributed by atoms with Gasteiger partial charge in [-0.1, -0.05) is 11.3 Å². The fourth-order valence-electron chi connectivity index (χ4n) is 4.30. The molecule has 2 saturated heterocycles. The molecular formula is C22H24N4O5S2. The zero-order chi connectivity index (χ0) is 23.0. The molecule has 0 bridgehead atoms. The smallest absolute Gasteiger partial charge is 0.289 e. The average Bonchev–Trinajstić information content (AvgIpc) is 3.59. The molecule has 174 valence electrons. The Bertz CT molecular complexity index is 1270. The van der Waals surface area contributed by atoms with Gasteiger partial charge in [-0.15, -0.1) is 0 Å². The molecule has 0 radical (unpaired) electrons. The number of likely N-dealkylation sites (tertiary alicyclic amines) is 1. The standard InChI is InChI=1S/C22H24N4O5S2/c27-20(15-7-11-25(12-8-15)21(28)18-4-3-13-31-18)24-22-23-17-6-5-16(14-19(17)32-22)33(29,30)26-9-1-2-10-26/h3-6,13-15H,1-2,7-12H2,(H,23,24,27). The van der Waals surface area contributed by atoms with Gasteiger partial charge >= 0.3 is 0 Å². The number of nitrogens with zero attached hydrogens (tertiary/aromatic N) is 3. The molecule has 2 amide bonds. The number of aromatic nitrogens is 1. The van der Waals surface area contributed by atoms with E-state index in [0.29, 0.717) is 60.1 Å². The van der Waals surface area contributed by atoms with Gasteiger partial charge < -0.3 is 14.6 Å². The number of rotatable bonds is 5. The van der Waals surface area contributed by atoms with Crippen LogP contribution in [-0.2, 0) is 14.8 Å². The molecule has 0 aliphatic carbocycles. The number of hydrogen-bond acceptors (Lipinski definition) is 7. The third kappa shape index (κ3) is 4.40. The van der Waals surface area contributed by atoms with Gasteiger partial charge in [-0.05, 0) is 56.0 Å². The van der Waals surface area contributed by atoms with Crippen molar-refractivity contribution in [2.24, 2.45) is 5.92 Å². The number of benzene rings is 1. The number of nitrogens with one attached hydrogen (secondary N) is 1. The molecule has 0 unspecified atom stereocenters. The molecule has 2 aromatic heterocycles. The Morgan fingerprint density at radius 3 is 2.55 bits per heavy atom. The second kappa shape index (κ2) is 8.88. The van der Waals surface area contributed by atoms with E-state index in [-0.39, 0.29) is 22.6 Å². The predicted molar refractivity (Wildman–Crippen MR) is 124 cm³/mol. The van der Waals surface area contributed by atoms with Gasteiger partial charge in [-0.2, -0.15) is 4.31 Å². The Morgan fingerprint density at radius 2 is 1.85 bits per heavy atom. The first-order valence-corrected chi connectivity index (χ1v) is 13.2. The molecule has 9 nitrogen and oxygen atoms in total. The third-order valence-electron chi connectivity index (χ3n) is 6.18. The zero-order valence-electron chi connectivity index (χ0n) is 17.9. The minimum atomic E-state index is -3.50. The Kier molecular flexibility index (Phi) is 5.94. The van der Waals surface area contributed by atoms with Gasteiger partial charge in [0.05, 0.1) is 21.4 Å². The Balaban J connectivity index is 1.23. The first-order chi connectivity index (χ1) is 15.9. The van der Waals surface area contributed by atoms with Crippen molar-refractivity contribution < 1.29 is 22.4 Å². The van der Waals surface area contributed by atoms with Gasteiger partial charge in [0.25, 0.3) is 5.91 Å². The molecule has 0 spiro atoms. The molecule has 1 aromatic carbocycles. The minimum absolute atomic E-state index is 0.135. The zero-order valence-corrected chi connectivity index (χ0v) is 19.5. The fraction of sp³-hybridized carbons (Fsp3) is 0.409. The van der Waals surface area contributed by atoms with Crippen LogP contribution in [0.4, 0.5) is 5.13 Å². The quantitative estimate of drug-likeness (QED) is 0.590. The monoisotopic (exact) mass is 488 g/mol. The van der Waals surface area contributed by atoms with Crippen LogP contribution in [0.25, 0.3) is 10.2 Å². The number of carbonyl (C=O) groups excluding carboxylic acids is 2. The second-order valence-corrected chi connectivity index (χ2v) is 11.3. The van der Waals surface area contributed by atoms with E-state index in [4.69, 9.17) is 4.42 Å². The number of furan rings is 1. The van der Waals surface area contributed by atoms with Gasteiger partial charge in [-0.3, -0.25) is 9.59 Å². The van der Waals surface area contributed by atoms with E-state index in [9.17, 15) is 18.0 Å². The van der Waals surface area contributed by atoms with Crippen molar-refractivity contribution in [2.45, 2.75) is 30.6 Å². The summed E-state index contributed by atoms with van der Waals surface area (Å²) in [5, 5.41) is 3.32. The van der Waals surface area contributed by atoms with Crippen LogP contribution in [0, 0.1) is 5.92 Å². The number of thiazole rings is 1. The number of piperidine rings is 1. The van der Waals surface area contributed by atoms with Gasteiger partial charge in [-0.25, -0.2) is 13.4 Å². The van der Waals surface area contributed by atoms with E-state index < -0.39 is 10.0 Å². The molecule has 11 heteroatoms. The molecule has 2 aliphatic heterocycles. The van der Waals surface area contributed by atoms with Gasteiger partial charge in [0.1, 0.15) is 0 Å². The number of fused-ring (bicyclic) bond motifs is 1. The molecule has 33 heavy (non-hydrogen) atoms. The highest BCUT2D eigenvalue weighted by Gasteiger charge is 2.30. The Morgan fingerprint density at radius 1 is 1.09 bits per heavy atom. The molecule has 4 heterocycles. The number of amides is 2. The lowest BCUT2D eigenvalue weighted by Gasteiger charge is -2.30. The first kappa shape index (κ1) is 22.1. The van der Waals surface area contributed by atoms with E-state index in [2.05, 4.69) is 10.3 Å². The molecule has 0 saturated carbocycles. The highest BCUT2D eigenvalue weighted by molar-refractivity contribution is 7.89. The van der Waals surface area contributed by atoms with Gasteiger partial charge in [0, 0.05) is 32.1 Å². The van der Waals surface area contributed by atoms with Crippen LogP contribution in [0.1, 0.15) is 36.2 Å². The summed E-state index contributed by atoms with van der Waals surface area (Å²) in [5.74, 6) is -0.212. The maximum absolute atomic E-state index is 12.8. The average molecular weight is 489 g/mol. The lowest BCUT2D eigenvalue weighted by molar-refractivity contribution is -0.121. The van der Waals surface area contributed by atoms with E-state index in [0.717, 1.165) is 12.8 Å². The van der Waals surface area contributed by atoms with Crippen LogP contribution < -0.4 is 5.32 Å². The molecule has 5 rings (SSSR count). The topological polar surface area (TPSA) is 113 Å². The molecule has 1 N–H and O–H groups in total. The Hall–Kier alpha value is -2.76. The summed E-state index contributed by atoms with van der Waals surface area (Å²) in [6.45, 7) is 2.07. The van der Waals surface area contributed by atoms with Crippen molar-refractivity contribution in [3.05, 3.63) is 42.4 Å². The number of hydrogen-bond donors (Lipinski definition) is 1. The van der Waals surface area contributed by atoms with E-state index in [1.807, 2.05) is 0 Å². The largest absolute Gasteiger partial charge is 0.459 e.